The lowest BCUT2D eigenvalue weighted by molar-refractivity contribution is -0.139. The standard InChI is InChI=1S/C5H9NO4.C4H11N3/c1-3(5(9)10)6-2-4(7)8;1-2-3-7-4(5)6/h3,6H,2H2,1H3,(H,7,8)(H,9,10);2-3H2,1H3,(H4,5,6,7). The predicted octanol–water partition coefficient (Wildman–Crippen LogP) is -1.20. The zero-order chi connectivity index (χ0) is 13.8. The Labute approximate surface area is 99.7 Å². The Morgan fingerprint density at radius 2 is 1.88 bits per heavy atom. The maximum Gasteiger partial charge on any atom is 0.320 e. The van der Waals surface area contributed by atoms with E-state index in [4.69, 9.17) is 21.7 Å². The number of nitrogens with two attached hydrogens (primary N) is 2. The molecule has 0 radical (unpaired) electrons. The van der Waals surface area contributed by atoms with E-state index >= 15 is 0 Å². The van der Waals surface area contributed by atoms with Crippen LogP contribution >= 0.6 is 0 Å². The second-order valence-corrected chi connectivity index (χ2v) is 3.14. The molecule has 0 fully saturated rings. The quantitative estimate of drug-likeness (QED) is 0.292. The van der Waals surface area contributed by atoms with Gasteiger partial charge in [0, 0.05) is 6.54 Å². The highest BCUT2D eigenvalue weighted by molar-refractivity contribution is 5.75. The summed E-state index contributed by atoms with van der Waals surface area (Å²) in [6, 6.07) is -0.809. The van der Waals surface area contributed by atoms with Gasteiger partial charge in [0.05, 0.1) is 6.54 Å². The van der Waals surface area contributed by atoms with Crippen LogP contribution in [0.2, 0.25) is 0 Å². The molecule has 0 aliphatic carbocycles. The maximum atomic E-state index is 10.1. The Kier molecular flexibility index (Phi) is 11.0. The summed E-state index contributed by atoms with van der Waals surface area (Å²) in [5, 5.41) is 18.6. The van der Waals surface area contributed by atoms with Gasteiger partial charge in [-0.2, -0.15) is 0 Å². The van der Waals surface area contributed by atoms with E-state index in [1.165, 1.54) is 6.92 Å². The molecule has 8 heteroatoms. The topological polar surface area (TPSA) is 151 Å². The third-order valence-corrected chi connectivity index (χ3v) is 1.45. The van der Waals surface area contributed by atoms with Crippen LogP contribution in [0.3, 0.4) is 0 Å². The number of carboxylic acid groups (broad SMARTS) is 2. The number of aliphatic carboxylic acids is 2. The smallest absolute Gasteiger partial charge is 0.320 e. The number of carboxylic acids is 2. The number of aliphatic imine (C=N–C) groups is 1. The van der Waals surface area contributed by atoms with Crippen molar-refractivity contribution in [3.05, 3.63) is 0 Å². The summed E-state index contributed by atoms with van der Waals surface area (Å²) < 4.78 is 0. The Morgan fingerprint density at radius 3 is 2.12 bits per heavy atom. The Balaban J connectivity index is 0. The van der Waals surface area contributed by atoms with Gasteiger partial charge in [0.15, 0.2) is 5.96 Å². The van der Waals surface area contributed by atoms with Gasteiger partial charge in [0.1, 0.15) is 6.04 Å². The van der Waals surface area contributed by atoms with E-state index in [1.54, 1.807) is 0 Å². The zero-order valence-electron chi connectivity index (χ0n) is 10.0. The number of nitrogens with zero attached hydrogens (tertiary/aromatic N) is 1. The number of carbonyl (C=O) groups is 2. The molecule has 0 aliphatic rings. The van der Waals surface area contributed by atoms with E-state index in [0.29, 0.717) is 0 Å². The summed E-state index contributed by atoms with van der Waals surface area (Å²) in [6.45, 7) is 3.81. The molecule has 0 heterocycles. The van der Waals surface area contributed by atoms with Crippen molar-refractivity contribution >= 4 is 17.9 Å². The normalized spacial score (nSPS) is 10.7. The lowest BCUT2D eigenvalue weighted by Crippen LogP contribution is -2.37. The largest absolute Gasteiger partial charge is 0.480 e. The van der Waals surface area contributed by atoms with Crippen LogP contribution in [-0.2, 0) is 9.59 Å². The minimum atomic E-state index is -1.06. The number of hydrogen-bond donors (Lipinski definition) is 5. The molecule has 0 rings (SSSR count). The first kappa shape index (κ1) is 17.6. The molecule has 0 aromatic rings. The van der Waals surface area contributed by atoms with Crippen LogP contribution in [0.1, 0.15) is 20.3 Å². The van der Waals surface area contributed by atoms with Gasteiger partial charge < -0.3 is 21.7 Å². The molecular weight excluding hydrogens is 228 g/mol. The molecule has 7 N–H and O–H groups in total. The van der Waals surface area contributed by atoms with Crippen molar-refractivity contribution in [3.63, 3.8) is 0 Å². The van der Waals surface area contributed by atoms with Crippen LogP contribution in [0.25, 0.3) is 0 Å². The summed E-state index contributed by atoms with van der Waals surface area (Å²) in [4.78, 5) is 23.6. The van der Waals surface area contributed by atoms with E-state index in [2.05, 4.69) is 10.3 Å². The highest BCUT2D eigenvalue weighted by Gasteiger charge is 2.10. The molecule has 0 spiro atoms. The molecule has 17 heavy (non-hydrogen) atoms. The minimum Gasteiger partial charge on any atom is -0.480 e. The van der Waals surface area contributed by atoms with Crippen LogP contribution < -0.4 is 16.8 Å². The SMILES string of the molecule is CC(NCC(=O)O)C(=O)O.CCCN=C(N)N. The minimum absolute atomic E-state index is 0.182. The van der Waals surface area contributed by atoms with Crippen LogP contribution in [0.4, 0.5) is 0 Å². The molecule has 1 unspecified atom stereocenters. The Bertz CT molecular complexity index is 264. The molecule has 1 atom stereocenters. The predicted molar refractivity (Wildman–Crippen MR) is 63.7 cm³/mol. The molecular formula is C9H20N4O4. The van der Waals surface area contributed by atoms with Gasteiger partial charge in [-0.25, -0.2) is 0 Å². The van der Waals surface area contributed by atoms with Crippen molar-refractivity contribution in [3.8, 4) is 0 Å². The molecule has 0 aromatic carbocycles. The van der Waals surface area contributed by atoms with E-state index in [0.717, 1.165) is 13.0 Å². The van der Waals surface area contributed by atoms with Gasteiger partial charge in [-0.1, -0.05) is 6.92 Å². The van der Waals surface area contributed by atoms with Gasteiger partial charge in [-0.3, -0.25) is 19.9 Å². The van der Waals surface area contributed by atoms with Gasteiger partial charge in [-0.15, -0.1) is 0 Å². The molecule has 100 valence electrons. The first-order valence-electron chi connectivity index (χ1n) is 5.04. The monoisotopic (exact) mass is 248 g/mol. The zero-order valence-corrected chi connectivity index (χ0v) is 10.0. The van der Waals surface area contributed by atoms with Crippen molar-refractivity contribution in [2.45, 2.75) is 26.3 Å². The van der Waals surface area contributed by atoms with Gasteiger partial charge in [-0.05, 0) is 13.3 Å². The second-order valence-electron chi connectivity index (χ2n) is 3.14. The third-order valence-electron chi connectivity index (χ3n) is 1.45. The third kappa shape index (κ3) is 16.8. The first-order valence-corrected chi connectivity index (χ1v) is 5.04. The van der Waals surface area contributed by atoms with Crippen LogP contribution in [0.5, 0.6) is 0 Å². The summed E-state index contributed by atoms with van der Waals surface area (Å²) in [7, 11) is 0. The van der Waals surface area contributed by atoms with Crippen LogP contribution in [-0.4, -0.2) is 47.2 Å². The van der Waals surface area contributed by atoms with Crippen LogP contribution in [0.15, 0.2) is 4.99 Å². The molecule has 0 amide bonds. The highest BCUT2D eigenvalue weighted by atomic mass is 16.4. The average Bonchev–Trinajstić information content (AvgIpc) is 2.23. The molecule has 0 aromatic heterocycles. The van der Waals surface area contributed by atoms with E-state index in [9.17, 15) is 9.59 Å². The second kappa shape index (κ2) is 10.7. The summed E-state index contributed by atoms with van der Waals surface area (Å²) in [6.07, 6.45) is 0.998. The average molecular weight is 248 g/mol. The van der Waals surface area contributed by atoms with Crippen molar-refractivity contribution in [1.29, 1.82) is 0 Å². The van der Waals surface area contributed by atoms with E-state index in [1.807, 2.05) is 6.92 Å². The van der Waals surface area contributed by atoms with Crippen LogP contribution in [0, 0.1) is 0 Å². The summed E-state index contributed by atoms with van der Waals surface area (Å²) in [5.41, 5.74) is 10.0. The number of hydrogen-bond acceptors (Lipinski definition) is 4. The van der Waals surface area contributed by atoms with Crippen molar-refractivity contribution in [1.82, 2.24) is 5.32 Å². The molecule has 0 aliphatic heterocycles. The fraction of sp³-hybridized carbons (Fsp3) is 0.667. The molecule has 0 bridgehead atoms. The first-order chi connectivity index (χ1) is 7.81. The Hall–Kier alpha value is -1.83. The lowest BCUT2D eigenvalue weighted by Gasteiger charge is -2.04. The molecule has 8 nitrogen and oxygen atoms in total. The molecule has 0 saturated heterocycles. The van der Waals surface area contributed by atoms with E-state index < -0.39 is 18.0 Å². The van der Waals surface area contributed by atoms with Crippen molar-refractivity contribution < 1.29 is 19.8 Å². The lowest BCUT2D eigenvalue weighted by atomic mass is 10.3. The fourth-order valence-corrected chi connectivity index (χ4v) is 0.569. The number of guanidine groups is 1. The fourth-order valence-electron chi connectivity index (χ4n) is 0.569. The van der Waals surface area contributed by atoms with Crippen molar-refractivity contribution in [2.24, 2.45) is 16.5 Å². The van der Waals surface area contributed by atoms with Gasteiger partial charge >= 0.3 is 11.9 Å². The van der Waals surface area contributed by atoms with Gasteiger partial charge in [0.2, 0.25) is 0 Å². The highest BCUT2D eigenvalue weighted by Crippen LogP contribution is 1.78. The summed E-state index contributed by atoms with van der Waals surface area (Å²) in [5.74, 6) is -1.93. The van der Waals surface area contributed by atoms with Crippen molar-refractivity contribution in [2.75, 3.05) is 13.1 Å². The Morgan fingerprint density at radius 1 is 1.35 bits per heavy atom. The summed E-state index contributed by atoms with van der Waals surface area (Å²) >= 11 is 0. The van der Waals surface area contributed by atoms with Gasteiger partial charge in [0.25, 0.3) is 0 Å². The maximum absolute atomic E-state index is 10.1. The van der Waals surface area contributed by atoms with E-state index in [-0.39, 0.29) is 12.5 Å². The number of nitrogens with one attached hydrogen (secondary N) is 1. The molecule has 0 saturated carbocycles. The number of rotatable bonds is 6.